The lowest BCUT2D eigenvalue weighted by molar-refractivity contribution is 0.554. The molecule has 0 bridgehead atoms. The van der Waals surface area contributed by atoms with E-state index in [0.717, 1.165) is 17.6 Å². The van der Waals surface area contributed by atoms with Gasteiger partial charge in [0.05, 0.1) is 0 Å². The molecule has 3 heteroatoms. The summed E-state index contributed by atoms with van der Waals surface area (Å²) in [5.74, 6) is 1.13. The fourth-order valence-corrected chi connectivity index (χ4v) is 2.16. The van der Waals surface area contributed by atoms with Gasteiger partial charge < -0.3 is 4.42 Å². The Morgan fingerprint density at radius 3 is 2.38 bits per heavy atom. The Morgan fingerprint density at radius 2 is 1.62 bits per heavy atom. The van der Waals surface area contributed by atoms with Gasteiger partial charge in [0, 0.05) is 11.1 Å². The van der Waals surface area contributed by atoms with E-state index in [4.69, 9.17) is 4.42 Å². The maximum absolute atomic E-state index is 5.81. The zero-order valence-electron chi connectivity index (χ0n) is 12.6. The fourth-order valence-electron chi connectivity index (χ4n) is 2.16. The Balaban J connectivity index is 1.89. The first kappa shape index (κ1) is 13.6. The van der Waals surface area contributed by atoms with Gasteiger partial charge in [-0.3, -0.25) is 0 Å². The molecule has 0 atom stereocenters. The summed E-state index contributed by atoms with van der Waals surface area (Å²) < 4.78 is 5.81. The van der Waals surface area contributed by atoms with E-state index >= 15 is 0 Å². The monoisotopic (exact) mass is 278 g/mol. The van der Waals surface area contributed by atoms with Crippen molar-refractivity contribution in [3.8, 4) is 11.5 Å². The molecular formula is C18H18N2O. The minimum atomic E-state index is 0.560. The lowest BCUT2D eigenvalue weighted by atomic mass is 10.1. The van der Waals surface area contributed by atoms with Crippen LogP contribution in [0.4, 0.5) is 0 Å². The van der Waals surface area contributed by atoms with Crippen LogP contribution >= 0.6 is 0 Å². The summed E-state index contributed by atoms with van der Waals surface area (Å²) in [5.41, 5.74) is 5.80. The smallest absolute Gasteiger partial charge is 0.248 e. The van der Waals surface area contributed by atoms with Crippen molar-refractivity contribution < 1.29 is 4.42 Å². The number of benzene rings is 1. The highest BCUT2D eigenvalue weighted by Gasteiger charge is 2.12. The van der Waals surface area contributed by atoms with Crippen LogP contribution in [-0.2, 0) is 0 Å². The van der Waals surface area contributed by atoms with Gasteiger partial charge >= 0.3 is 0 Å². The van der Waals surface area contributed by atoms with E-state index in [0.29, 0.717) is 11.8 Å². The maximum Gasteiger partial charge on any atom is 0.248 e. The Kier molecular flexibility index (Phi) is 3.57. The van der Waals surface area contributed by atoms with Crippen LogP contribution in [0.15, 0.2) is 58.1 Å². The fraction of sp³-hybridized carbons (Fsp3) is 0.222. The standard InChI is InChI=1S/C18H18N2O/c1-12-4-8-15(9-5-12)17-19-20-18(21-17)16-10-6-13(2)14(3)7-11-16/h4-6,8-11H,7H2,1-3H3. The maximum atomic E-state index is 5.81. The highest BCUT2D eigenvalue weighted by molar-refractivity contribution is 5.71. The van der Waals surface area contributed by atoms with Gasteiger partial charge in [-0.05, 0) is 45.4 Å². The molecule has 21 heavy (non-hydrogen) atoms. The van der Waals surface area contributed by atoms with E-state index in [1.54, 1.807) is 0 Å². The first-order chi connectivity index (χ1) is 10.1. The minimum absolute atomic E-state index is 0.560. The molecule has 1 aromatic carbocycles. The molecule has 0 spiro atoms. The Labute approximate surface area is 124 Å². The highest BCUT2D eigenvalue weighted by atomic mass is 16.4. The second-order valence-electron chi connectivity index (χ2n) is 5.44. The van der Waals surface area contributed by atoms with E-state index in [2.05, 4.69) is 43.1 Å². The number of aryl methyl sites for hydroxylation is 1. The van der Waals surface area contributed by atoms with Gasteiger partial charge in [0.25, 0.3) is 0 Å². The molecule has 0 N–H and O–H groups in total. The van der Waals surface area contributed by atoms with Gasteiger partial charge in [-0.25, -0.2) is 0 Å². The highest BCUT2D eigenvalue weighted by Crippen LogP contribution is 2.26. The Hall–Kier alpha value is -2.42. The number of allylic oxidation sites excluding steroid dienone is 6. The number of rotatable bonds is 2. The predicted molar refractivity (Wildman–Crippen MR) is 84.6 cm³/mol. The summed E-state index contributed by atoms with van der Waals surface area (Å²) in [6.45, 7) is 6.32. The normalized spacial score (nSPS) is 15.1. The average molecular weight is 278 g/mol. The van der Waals surface area contributed by atoms with Crippen LogP contribution in [0.25, 0.3) is 17.0 Å². The Morgan fingerprint density at radius 1 is 0.905 bits per heavy atom. The minimum Gasteiger partial charge on any atom is -0.416 e. The van der Waals surface area contributed by atoms with Crippen LogP contribution in [0, 0.1) is 6.92 Å². The molecule has 1 aromatic heterocycles. The number of nitrogens with zero attached hydrogens (tertiary/aromatic N) is 2. The van der Waals surface area contributed by atoms with Gasteiger partial charge in [0.2, 0.25) is 11.8 Å². The third kappa shape index (κ3) is 2.87. The largest absolute Gasteiger partial charge is 0.416 e. The van der Waals surface area contributed by atoms with Crippen LogP contribution in [0.3, 0.4) is 0 Å². The van der Waals surface area contributed by atoms with Crippen LogP contribution in [-0.4, -0.2) is 10.2 Å². The van der Waals surface area contributed by atoms with E-state index < -0.39 is 0 Å². The summed E-state index contributed by atoms with van der Waals surface area (Å²) in [4.78, 5) is 0. The molecule has 0 amide bonds. The molecule has 0 radical (unpaired) electrons. The summed E-state index contributed by atoms with van der Waals surface area (Å²) in [6.07, 6.45) is 7.19. The van der Waals surface area contributed by atoms with Crippen LogP contribution in [0.5, 0.6) is 0 Å². The van der Waals surface area contributed by atoms with Gasteiger partial charge in [0.1, 0.15) is 0 Å². The van der Waals surface area contributed by atoms with Crippen LogP contribution < -0.4 is 0 Å². The van der Waals surface area contributed by atoms with E-state index in [1.807, 2.05) is 30.3 Å². The summed E-state index contributed by atoms with van der Waals surface area (Å²) in [6, 6.07) is 8.08. The molecule has 3 nitrogen and oxygen atoms in total. The lowest BCUT2D eigenvalue weighted by Crippen LogP contribution is -1.80. The topological polar surface area (TPSA) is 38.9 Å². The number of hydrogen-bond donors (Lipinski definition) is 0. The second-order valence-corrected chi connectivity index (χ2v) is 5.44. The van der Waals surface area contributed by atoms with Gasteiger partial charge in [0.15, 0.2) is 0 Å². The number of hydrogen-bond acceptors (Lipinski definition) is 3. The second kappa shape index (κ2) is 5.52. The van der Waals surface area contributed by atoms with Crippen molar-refractivity contribution in [1.82, 2.24) is 10.2 Å². The number of aromatic nitrogens is 2. The molecular weight excluding hydrogens is 260 g/mol. The quantitative estimate of drug-likeness (QED) is 0.797. The molecule has 3 rings (SSSR count). The predicted octanol–water partition coefficient (Wildman–Crippen LogP) is 4.72. The molecule has 1 aliphatic rings. The van der Waals surface area contributed by atoms with Crippen molar-refractivity contribution in [2.24, 2.45) is 0 Å². The van der Waals surface area contributed by atoms with Crippen LogP contribution in [0.1, 0.15) is 31.7 Å². The molecule has 0 saturated heterocycles. The third-order valence-corrected chi connectivity index (χ3v) is 3.78. The molecule has 0 fully saturated rings. The SMILES string of the molecule is CC1=C(C)CC=C(c2nnc(-c3ccc(C)cc3)o2)C=C1. The van der Waals surface area contributed by atoms with Crippen LogP contribution in [0.2, 0.25) is 0 Å². The summed E-state index contributed by atoms with van der Waals surface area (Å²) in [5, 5.41) is 8.33. The molecule has 1 heterocycles. The molecule has 0 unspecified atom stereocenters. The van der Waals surface area contributed by atoms with Crippen molar-refractivity contribution >= 4 is 5.57 Å². The van der Waals surface area contributed by atoms with Crippen molar-refractivity contribution in [2.75, 3.05) is 0 Å². The van der Waals surface area contributed by atoms with E-state index in [-0.39, 0.29) is 0 Å². The molecule has 0 aliphatic heterocycles. The molecule has 2 aromatic rings. The van der Waals surface area contributed by atoms with Gasteiger partial charge in [-0.2, -0.15) is 0 Å². The van der Waals surface area contributed by atoms with Gasteiger partial charge in [-0.15, -0.1) is 10.2 Å². The van der Waals surface area contributed by atoms with E-state index in [9.17, 15) is 0 Å². The van der Waals surface area contributed by atoms with Gasteiger partial charge in [-0.1, -0.05) is 41.0 Å². The summed E-state index contributed by atoms with van der Waals surface area (Å²) >= 11 is 0. The van der Waals surface area contributed by atoms with Crippen molar-refractivity contribution in [3.63, 3.8) is 0 Å². The first-order valence-electron chi connectivity index (χ1n) is 7.09. The summed E-state index contributed by atoms with van der Waals surface area (Å²) in [7, 11) is 0. The third-order valence-electron chi connectivity index (χ3n) is 3.78. The zero-order chi connectivity index (χ0) is 14.8. The van der Waals surface area contributed by atoms with Crippen molar-refractivity contribution in [1.29, 1.82) is 0 Å². The van der Waals surface area contributed by atoms with E-state index in [1.165, 1.54) is 16.7 Å². The Bertz CT molecular complexity index is 746. The molecule has 0 saturated carbocycles. The van der Waals surface area contributed by atoms with Crippen molar-refractivity contribution in [2.45, 2.75) is 27.2 Å². The zero-order valence-corrected chi connectivity index (χ0v) is 12.6. The molecule has 1 aliphatic carbocycles. The molecule has 106 valence electrons. The first-order valence-corrected chi connectivity index (χ1v) is 7.09. The average Bonchev–Trinajstić information content (AvgIpc) is 2.90. The van der Waals surface area contributed by atoms with Crippen molar-refractivity contribution in [3.05, 3.63) is 65.1 Å². The lowest BCUT2D eigenvalue weighted by Gasteiger charge is -1.97.